The number of hydrogen-bond donors (Lipinski definition) is 1. The van der Waals surface area contributed by atoms with E-state index >= 15 is 0 Å². The number of hydrogen-bond acceptors (Lipinski definition) is 6. The van der Waals surface area contributed by atoms with Gasteiger partial charge in [-0.25, -0.2) is 4.39 Å². The first-order chi connectivity index (χ1) is 8.70. The highest BCUT2D eigenvalue weighted by Gasteiger charge is 2.33. The minimum absolute atomic E-state index is 0.155. The Bertz CT molecular complexity index is 554. The molecule has 1 saturated heterocycles. The van der Waals surface area contributed by atoms with Crippen LogP contribution in [0.4, 0.5) is 16.1 Å². The average molecular weight is 251 g/mol. The number of halogens is 1. The fourth-order valence-electron chi connectivity index (χ4n) is 1.54. The average Bonchev–Trinajstić information content (AvgIpc) is 2.73. The maximum absolute atomic E-state index is 13.0. The topological polar surface area (TPSA) is 69.4 Å². The fourth-order valence-corrected chi connectivity index (χ4v) is 1.54. The van der Waals surface area contributed by atoms with Crippen molar-refractivity contribution in [3.8, 4) is 0 Å². The molecule has 1 aromatic carbocycles. The normalized spacial score (nSPS) is 22.6. The Morgan fingerprint density at radius 3 is 2.83 bits per heavy atom. The summed E-state index contributed by atoms with van der Waals surface area (Å²) < 4.78 is 28.6. The molecule has 0 unspecified atom stereocenters. The van der Waals surface area contributed by atoms with Gasteiger partial charge in [0.15, 0.2) is 6.29 Å². The zero-order chi connectivity index (χ0) is 12.5. The molecule has 2 aromatic rings. The van der Waals surface area contributed by atoms with Crippen molar-refractivity contribution < 1.29 is 18.3 Å². The SMILES string of the molecule is CC1OC(c2nnc(Nc3cccc(F)c3)o2)O1. The van der Waals surface area contributed by atoms with Crippen molar-refractivity contribution >= 4 is 11.7 Å². The monoisotopic (exact) mass is 251 g/mol. The Labute approximate surface area is 102 Å². The first-order valence-electron chi connectivity index (χ1n) is 5.37. The third-order valence-corrected chi connectivity index (χ3v) is 2.35. The minimum atomic E-state index is -0.615. The molecule has 0 saturated carbocycles. The van der Waals surface area contributed by atoms with E-state index < -0.39 is 6.29 Å². The molecule has 94 valence electrons. The third kappa shape index (κ3) is 2.18. The molecule has 0 atom stereocenters. The number of anilines is 2. The first-order valence-corrected chi connectivity index (χ1v) is 5.37. The first kappa shape index (κ1) is 11.1. The van der Waals surface area contributed by atoms with Gasteiger partial charge in [-0.05, 0) is 25.1 Å². The molecule has 1 aliphatic heterocycles. The van der Waals surface area contributed by atoms with Crippen LogP contribution in [0.3, 0.4) is 0 Å². The highest BCUT2D eigenvalue weighted by Crippen LogP contribution is 2.31. The van der Waals surface area contributed by atoms with E-state index in [0.717, 1.165) is 0 Å². The number of aromatic nitrogens is 2. The molecule has 0 aliphatic carbocycles. The van der Waals surface area contributed by atoms with E-state index in [1.165, 1.54) is 12.1 Å². The summed E-state index contributed by atoms with van der Waals surface area (Å²) in [7, 11) is 0. The molecule has 3 rings (SSSR count). The maximum atomic E-state index is 13.0. The van der Waals surface area contributed by atoms with Crippen LogP contribution in [0.2, 0.25) is 0 Å². The summed E-state index contributed by atoms with van der Waals surface area (Å²) in [6, 6.07) is 6.09. The van der Waals surface area contributed by atoms with Crippen molar-refractivity contribution in [2.75, 3.05) is 5.32 Å². The van der Waals surface area contributed by atoms with Crippen LogP contribution in [0, 0.1) is 5.82 Å². The van der Waals surface area contributed by atoms with E-state index in [1.54, 1.807) is 19.1 Å². The molecule has 0 radical (unpaired) electrons. The molecule has 1 N–H and O–H groups in total. The summed E-state index contributed by atoms with van der Waals surface area (Å²) >= 11 is 0. The van der Waals surface area contributed by atoms with Gasteiger partial charge in [-0.3, -0.25) is 0 Å². The van der Waals surface area contributed by atoms with Gasteiger partial charge in [-0.1, -0.05) is 11.2 Å². The van der Waals surface area contributed by atoms with Crippen molar-refractivity contribution in [1.29, 1.82) is 0 Å². The van der Waals surface area contributed by atoms with Gasteiger partial charge in [0.1, 0.15) is 5.82 Å². The summed E-state index contributed by atoms with van der Waals surface area (Å²) in [5, 5.41) is 10.3. The summed E-state index contributed by atoms with van der Waals surface area (Å²) in [5.74, 6) is -0.119. The van der Waals surface area contributed by atoms with Crippen LogP contribution in [-0.2, 0) is 9.47 Å². The molecular weight excluding hydrogens is 241 g/mol. The quantitative estimate of drug-likeness (QED) is 0.902. The Morgan fingerprint density at radius 1 is 1.28 bits per heavy atom. The third-order valence-electron chi connectivity index (χ3n) is 2.35. The van der Waals surface area contributed by atoms with Gasteiger partial charge >= 0.3 is 6.01 Å². The van der Waals surface area contributed by atoms with Gasteiger partial charge < -0.3 is 19.2 Å². The Kier molecular flexibility index (Phi) is 2.69. The summed E-state index contributed by atoms with van der Waals surface area (Å²) in [6.07, 6.45) is -0.878. The molecule has 1 fully saturated rings. The zero-order valence-corrected chi connectivity index (χ0v) is 9.46. The van der Waals surface area contributed by atoms with Gasteiger partial charge in [-0.15, -0.1) is 5.10 Å². The van der Waals surface area contributed by atoms with E-state index in [2.05, 4.69) is 15.5 Å². The predicted molar refractivity (Wildman–Crippen MR) is 58.4 cm³/mol. The number of rotatable bonds is 3. The summed E-state index contributed by atoms with van der Waals surface area (Å²) in [5.41, 5.74) is 0.522. The van der Waals surface area contributed by atoms with E-state index in [9.17, 15) is 4.39 Å². The maximum Gasteiger partial charge on any atom is 0.320 e. The molecular formula is C11H10FN3O3. The fraction of sp³-hybridized carbons (Fsp3) is 0.273. The van der Waals surface area contributed by atoms with Crippen LogP contribution >= 0.6 is 0 Å². The van der Waals surface area contributed by atoms with Gasteiger partial charge in [0.05, 0.1) is 0 Å². The summed E-state index contributed by atoms with van der Waals surface area (Å²) in [4.78, 5) is 0. The molecule has 1 aromatic heterocycles. The lowest BCUT2D eigenvalue weighted by atomic mass is 10.3. The van der Waals surface area contributed by atoms with Crippen molar-refractivity contribution in [1.82, 2.24) is 10.2 Å². The van der Waals surface area contributed by atoms with E-state index in [1.807, 2.05) is 0 Å². The molecule has 0 spiro atoms. The highest BCUT2D eigenvalue weighted by atomic mass is 19.1. The van der Waals surface area contributed by atoms with Crippen LogP contribution in [0.1, 0.15) is 19.1 Å². The molecule has 7 heteroatoms. The van der Waals surface area contributed by atoms with Gasteiger partial charge in [0, 0.05) is 5.69 Å². The smallest absolute Gasteiger partial charge is 0.320 e. The van der Waals surface area contributed by atoms with Crippen LogP contribution in [0.15, 0.2) is 28.7 Å². The Morgan fingerprint density at radius 2 is 2.11 bits per heavy atom. The lowest BCUT2D eigenvalue weighted by Gasteiger charge is -2.30. The second kappa shape index (κ2) is 4.35. The molecule has 2 heterocycles. The van der Waals surface area contributed by atoms with Crippen molar-refractivity contribution in [2.45, 2.75) is 19.5 Å². The van der Waals surface area contributed by atoms with Gasteiger partial charge in [-0.2, -0.15) is 0 Å². The molecule has 1 aliphatic rings. The zero-order valence-electron chi connectivity index (χ0n) is 9.46. The van der Waals surface area contributed by atoms with Crippen LogP contribution in [0.25, 0.3) is 0 Å². The van der Waals surface area contributed by atoms with Crippen molar-refractivity contribution in [3.05, 3.63) is 36.0 Å². The largest absolute Gasteiger partial charge is 0.402 e. The standard InChI is InChI=1S/C11H10FN3O3/c1-6-16-10(17-6)9-14-15-11(18-9)13-8-4-2-3-7(12)5-8/h2-6,10H,1H3,(H,13,15). The second-order valence-electron chi connectivity index (χ2n) is 3.75. The molecule has 0 amide bonds. The van der Waals surface area contributed by atoms with E-state index in [4.69, 9.17) is 13.9 Å². The van der Waals surface area contributed by atoms with Gasteiger partial charge in [0.2, 0.25) is 6.29 Å². The number of ether oxygens (including phenoxy) is 2. The van der Waals surface area contributed by atoms with E-state index in [0.29, 0.717) is 5.69 Å². The molecule has 0 bridgehead atoms. The van der Waals surface area contributed by atoms with Crippen molar-refractivity contribution in [2.24, 2.45) is 0 Å². The molecule has 6 nitrogen and oxygen atoms in total. The number of benzene rings is 1. The highest BCUT2D eigenvalue weighted by molar-refractivity contribution is 5.51. The van der Waals surface area contributed by atoms with Crippen molar-refractivity contribution in [3.63, 3.8) is 0 Å². The lowest BCUT2D eigenvalue weighted by molar-refractivity contribution is -0.389. The van der Waals surface area contributed by atoms with E-state index in [-0.39, 0.29) is 24.0 Å². The number of nitrogens with one attached hydrogen (secondary N) is 1. The second-order valence-corrected chi connectivity index (χ2v) is 3.75. The van der Waals surface area contributed by atoms with Crippen LogP contribution in [0.5, 0.6) is 0 Å². The minimum Gasteiger partial charge on any atom is -0.402 e. The Balaban J connectivity index is 1.70. The lowest BCUT2D eigenvalue weighted by Crippen LogP contribution is -2.31. The predicted octanol–water partition coefficient (Wildman–Crippen LogP) is 2.34. The van der Waals surface area contributed by atoms with Crippen LogP contribution < -0.4 is 5.32 Å². The summed E-state index contributed by atoms with van der Waals surface area (Å²) in [6.45, 7) is 1.76. The van der Waals surface area contributed by atoms with Crippen LogP contribution in [-0.4, -0.2) is 16.5 Å². The van der Waals surface area contributed by atoms with Gasteiger partial charge in [0.25, 0.3) is 5.89 Å². The number of nitrogens with zero attached hydrogens (tertiary/aromatic N) is 2. The molecule has 18 heavy (non-hydrogen) atoms. The Hall–Kier alpha value is -1.99.